The lowest BCUT2D eigenvalue weighted by Gasteiger charge is -2.16. The van der Waals surface area contributed by atoms with Crippen LogP contribution in [0.1, 0.15) is 19.3 Å². The van der Waals surface area contributed by atoms with E-state index < -0.39 is 11.0 Å². The first-order valence-corrected chi connectivity index (χ1v) is 6.32. The number of hydrogen-bond acceptors (Lipinski definition) is 4. The molecule has 0 aliphatic heterocycles. The summed E-state index contributed by atoms with van der Waals surface area (Å²) >= 11 is 0. The molecule has 0 saturated heterocycles. The van der Waals surface area contributed by atoms with Crippen LogP contribution in [0.2, 0.25) is 0 Å². The second kappa shape index (κ2) is 6.02. The van der Waals surface area contributed by atoms with Gasteiger partial charge in [0.25, 0.3) is 5.69 Å². The molecule has 2 unspecified atom stereocenters. The Hall–Kier alpha value is -2.62. The fourth-order valence-corrected chi connectivity index (χ4v) is 2.29. The number of urea groups is 1. The van der Waals surface area contributed by atoms with Crippen molar-refractivity contribution in [2.75, 3.05) is 5.32 Å². The van der Waals surface area contributed by atoms with Crippen LogP contribution in [0, 0.1) is 27.4 Å². The first-order valence-electron chi connectivity index (χ1n) is 6.32. The third-order valence-electron chi connectivity index (χ3n) is 3.33. The number of carbonyl (C=O) groups excluding carboxylic acids is 1. The number of hydrogen-bond donors (Lipinski definition) is 2. The maximum atomic E-state index is 11.8. The van der Waals surface area contributed by atoms with Gasteiger partial charge < -0.3 is 10.6 Å². The molecule has 20 heavy (non-hydrogen) atoms. The molecular formula is C13H14N4O3. The molecule has 0 spiro atoms. The summed E-state index contributed by atoms with van der Waals surface area (Å²) < 4.78 is 0. The molecule has 0 bridgehead atoms. The zero-order valence-corrected chi connectivity index (χ0v) is 10.7. The first kappa shape index (κ1) is 13.8. The number of nitriles is 1. The lowest BCUT2D eigenvalue weighted by molar-refractivity contribution is -0.384. The smallest absolute Gasteiger partial charge is 0.319 e. The molecule has 1 aliphatic carbocycles. The molecule has 2 amide bonds. The average Bonchev–Trinajstić information content (AvgIpc) is 2.86. The SMILES string of the molecule is N#CC1CCCC1NC(=O)Nc1ccc([N+](=O)[O-])cc1. The number of nitrogens with one attached hydrogen (secondary N) is 2. The molecule has 104 valence electrons. The molecule has 7 nitrogen and oxygen atoms in total. The summed E-state index contributed by atoms with van der Waals surface area (Å²) in [6.45, 7) is 0. The normalized spacial score (nSPS) is 20.9. The highest BCUT2D eigenvalue weighted by atomic mass is 16.6. The first-order chi connectivity index (χ1) is 9.60. The Bertz CT molecular complexity index is 550. The van der Waals surface area contributed by atoms with Gasteiger partial charge in [0.1, 0.15) is 0 Å². The van der Waals surface area contributed by atoms with E-state index in [9.17, 15) is 14.9 Å². The summed E-state index contributed by atoms with van der Waals surface area (Å²) in [5.41, 5.74) is 0.441. The van der Waals surface area contributed by atoms with Crippen molar-refractivity contribution in [3.05, 3.63) is 34.4 Å². The largest absolute Gasteiger partial charge is 0.334 e. The number of benzene rings is 1. The monoisotopic (exact) mass is 274 g/mol. The van der Waals surface area contributed by atoms with Crippen molar-refractivity contribution in [3.63, 3.8) is 0 Å². The predicted octanol–water partition coefficient (Wildman–Crippen LogP) is 2.41. The van der Waals surface area contributed by atoms with Crippen LogP contribution in [0.4, 0.5) is 16.2 Å². The summed E-state index contributed by atoms with van der Waals surface area (Å²) in [5, 5.41) is 24.8. The Morgan fingerprint density at radius 1 is 1.35 bits per heavy atom. The summed E-state index contributed by atoms with van der Waals surface area (Å²) in [7, 11) is 0. The van der Waals surface area contributed by atoms with Gasteiger partial charge >= 0.3 is 6.03 Å². The van der Waals surface area contributed by atoms with Gasteiger partial charge in [0, 0.05) is 23.9 Å². The van der Waals surface area contributed by atoms with E-state index in [2.05, 4.69) is 16.7 Å². The Labute approximate surface area is 115 Å². The molecule has 1 aromatic carbocycles. The van der Waals surface area contributed by atoms with Crippen LogP contribution in [0.5, 0.6) is 0 Å². The maximum absolute atomic E-state index is 11.8. The van der Waals surface area contributed by atoms with Crippen molar-refractivity contribution < 1.29 is 9.72 Å². The lowest BCUT2D eigenvalue weighted by atomic mass is 10.1. The average molecular weight is 274 g/mol. The van der Waals surface area contributed by atoms with Crippen molar-refractivity contribution in [3.8, 4) is 6.07 Å². The van der Waals surface area contributed by atoms with Crippen LogP contribution in [-0.4, -0.2) is 17.0 Å². The molecule has 2 rings (SSSR count). The van der Waals surface area contributed by atoms with Crippen molar-refractivity contribution >= 4 is 17.4 Å². The van der Waals surface area contributed by atoms with Gasteiger partial charge in [-0.05, 0) is 31.4 Å². The molecule has 7 heteroatoms. The highest BCUT2D eigenvalue weighted by Gasteiger charge is 2.28. The van der Waals surface area contributed by atoms with E-state index in [0.717, 1.165) is 19.3 Å². The van der Waals surface area contributed by atoms with E-state index in [4.69, 9.17) is 5.26 Å². The topological polar surface area (TPSA) is 108 Å². The van der Waals surface area contributed by atoms with E-state index in [1.807, 2.05) is 0 Å². The van der Waals surface area contributed by atoms with Gasteiger partial charge in [-0.15, -0.1) is 0 Å². The number of rotatable bonds is 3. The Morgan fingerprint density at radius 2 is 2.05 bits per heavy atom. The summed E-state index contributed by atoms with van der Waals surface area (Å²) in [5.74, 6) is -0.141. The number of amides is 2. The molecule has 2 atom stereocenters. The van der Waals surface area contributed by atoms with Gasteiger partial charge in [-0.1, -0.05) is 0 Å². The zero-order chi connectivity index (χ0) is 14.5. The maximum Gasteiger partial charge on any atom is 0.319 e. The fourth-order valence-electron chi connectivity index (χ4n) is 2.29. The second-order valence-electron chi connectivity index (χ2n) is 4.68. The van der Waals surface area contributed by atoms with Gasteiger partial charge in [-0.3, -0.25) is 10.1 Å². The van der Waals surface area contributed by atoms with Crippen LogP contribution in [-0.2, 0) is 0 Å². The molecule has 1 aromatic rings. The second-order valence-corrected chi connectivity index (χ2v) is 4.68. The number of non-ortho nitro benzene ring substituents is 1. The summed E-state index contributed by atoms with van der Waals surface area (Å²) in [6.07, 6.45) is 2.53. The number of nitro benzene ring substituents is 1. The molecule has 0 aromatic heterocycles. The minimum absolute atomic E-state index is 0.0312. The quantitative estimate of drug-likeness (QED) is 0.651. The van der Waals surface area contributed by atoms with Gasteiger partial charge in [-0.25, -0.2) is 4.79 Å². The van der Waals surface area contributed by atoms with Crippen LogP contribution in [0.25, 0.3) is 0 Å². The minimum Gasteiger partial charge on any atom is -0.334 e. The van der Waals surface area contributed by atoms with Crippen LogP contribution in [0.3, 0.4) is 0 Å². The van der Waals surface area contributed by atoms with Crippen LogP contribution >= 0.6 is 0 Å². The number of anilines is 1. The van der Waals surface area contributed by atoms with Crippen LogP contribution in [0.15, 0.2) is 24.3 Å². The lowest BCUT2D eigenvalue weighted by Crippen LogP contribution is -2.39. The summed E-state index contributed by atoms with van der Waals surface area (Å²) in [4.78, 5) is 21.8. The van der Waals surface area contributed by atoms with E-state index in [-0.39, 0.29) is 17.6 Å². The van der Waals surface area contributed by atoms with Crippen molar-refractivity contribution in [1.82, 2.24) is 5.32 Å². The van der Waals surface area contributed by atoms with Crippen molar-refractivity contribution in [2.24, 2.45) is 5.92 Å². The number of nitrogens with zero attached hydrogens (tertiary/aromatic N) is 2. The molecule has 2 N–H and O–H groups in total. The molecule has 0 heterocycles. The Morgan fingerprint density at radius 3 is 2.65 bits per heavy atom. The molecular weight excluding hydrogens is 260 g/mol. The standard InChI is InChI=1S/C13H14N4O3/c14-8-9-2-1-3-12(9)16-13(18)15-10-4-6-11(7-5-10)17(19)20/h4-7,9,12H,1-3H2,(H2,15,16,18). The molecule has 1 saturated carbocycles. The Kier molecular flexibility index (Phi) is 4.15. The highest BCUT2D eigenvalue weighted by molar-refractivity contribution is 5.89. The fraction of sp³-hybridized carbons (Fsp3) is 0.385. The van der Waals surface area contributed by atoms with Crippen molar-refractivity contribution in [2.45, 2.75) is 25.3 Å². The van der Waals surface area contributed by atoms with Gasteiger partial charge in [0.2, 0.25) is 0 Å². The Balaban J connectivity index is 1.91. The third kappa shape index (κ3) is 3.23. The van der Waals surface area contributed by atoms with E-state index >= 15 is 0 Å². The van der Waals surface area contributed by atoms with E-state index in [1.165, 1.54) is 24.3 Å². The minimum atomic E-state index is -0.500. The van der Waals surface area contributed by atoms with E-state index in [1.54, 1.807) is 0 Å². The number of nitro groups is 1. The van der Waals surface area contributed by atoms with Gasteiger partial charge in [0.15, 0.2) is 0 Å². The molecule has 0 radical (unpaired) electrons. The highest BCUT2D eigenvalue weighted by Crippen LogP contribution is 2.25. The summed E-state index contributed by atoms with van der Waals surface area (Å²) in [6, 6.07) is 7.24. The van der Waals surface area contributed by atoms with Gasteiger partial charge in [-0.2, -0.15) is 5.26 Å². The third-order valence-corrected chi connectivity index (χ3v) is 3.33. The van der Waals surface area contributed by atoms with Gasteiger partial charge in [0.05, 0.1) is 16.9 Å². The number of carbonyl (C=O) groups is 1. The zero-order valence-electron chi connectivity index (χ0n) is 10.7. The van der Waals surface area contributed by atoms with Crippen LogP contribution < -0.4 is 10.6 Å². The van der Waals surface area contributed by atoms with Crippen molar-refractivity contribution in [1.29, 1.82) is 5.26 Å². The molecule has 1 aliphatic rings. The predicted molar refractivity (Wildman–Crippen MR) is 72.0 cm³/mol. The van der Waals surface area contributed by atoms with E-state index in [0.29, 0.717) is 5.69 Å². The molecule has 1 fully saturated rings.